The van der Waals surface area contributed by atoms with Crippen molar-refractivity contribution >= 4 is 11.9 Å². The molecule has 2 rings (SSSR count). The summed E-state index contributed by atoms with van der Waals surface area (Å²) in [6.07, 6.45) is 6.48. The van der Waals surface area contributed by atoms with Crippen LogP contribution in [0.3, 0.4) is 0 Å². The van der Waals surface area contributed by atoms with E-state index in [9.17, 15) is 9.59 Å². The van der Waals surface area contributed by atoms with Crippen LogP contribution in [-0.2, 0) is 19.1 Å². The smallest absolute Gasteiger partial charge is 0.328 e. The molecule has 0 amide bonds. The van der Waals surface area contributed by atoms with Gasteiger partial charge < -0.3 is 31.2 Å². The van der Waals surface area contributed by atoms with Gasteiger partial charge in [-0.05, 0) is 39.5 Å². The molecule has 24 heavy (non-hydrogen) atoms. The molecule has 4 unspecified atom stereocenters. The second kappa shape index (κ2) is 12.9. The third-order valence-electron chi connectivity index (χ3n) is 3.47. The Labute approximate surface area is 142 Å². The summed E-state index contributed by atoms with van der Waals surface area (Å²) in [5, 5.41) is 15.6. The molecule has 0 aliphatic carbocycles. The van der Waals surface area contributed by atoms with Gasteiger partial charge in [0, 0.05) is 37.4 Å². The number of carboxylic acid groups (broad SMARTS) is 2. The Kier molecular flexibility index (Phi) is 12.1. The molecule has 6 N–H and O–H groups in total. The Hall–Kier alpha value is -1.48. The van der Waals surface area contributed by atoms with Crippen LogP contribution < -0.4 is 11.5 Å². The van der Waals surface area contributed by atoms with Gasteiger partial charge in [-0.1, -0.05) is 0 Å². The first-order valence-corrected chi connectivity index (χ1v) is 8.12. The molecule has 2 aliphatic heterocycles. The number of ether oxygens (including phenoxy) is 2. The molecule has 8 heteroatoms. The van der Waals surface area contributed by atoms with Crippen molar-refractivity contribution in [3.05, 3.63) is 12.2 Å². The van der Waals surface area contributed by atoms with E-state index in [1.54, 1.807) is 0 Å². The lowest BCUT2D eigenvalue weighted by Crippen LogP contribution is -2.30. The summed E-state index contributed by atoms with van der Waals surface area (Å²) >= 11 is 0. The quantitative estimate of drug-likeness (QED) is 0.545. The highest BCUT2D eigenvalue weighted by Gasteiger charge is 2.19. The van der Waals surface area contributed by atoms with Gasteiger partial charge in [-0.25, -0.2) is 9.59 Å². The number of nitrogens with two attached hydrogens (primary N) is 2. The summed E-state index contributed by atoms with van der Waals surface area (Å²) in [4.78, 5) is 19.1. The molecule has 140 valence electrons. The van der Waals surface area contributed by atoms with Crippen molar-refractivity contribution in [3.63, 3.8) is 0 Å². The zero-order valence-corrected chi connectivity index (χ0v) is 14.4. The molecular formula is C16H30N2O6. The predicted octanol–water partition coefficient (Wildman–Crippen LogP) is 0.737. The third-order valence-corrected chi connectivity index (χ3v) is 3.47. The van der Waals surface area contributed by atoms with Crippen molar-refractivity contribution < 1.29 is 29.3 Å². The molecular weight excluding hydrogens is 316 g/mol. The second-order valence-electron chi connectivity index (χ2n) is 5.83. The average Bonchev–Trinajstić information content (AvgIpc) is 3.19. The highest BCUT2D eigenvalue weighted by atomic mass is 16.5. The lowest BCUT2D eigenvalue weighted by Gasteiger charge is -2.11. The molecule has 2 fully saturated rings. The molecule has 4 atom stereocenters. The zero-order valence-electron chi connectivity index (χ0n) is 14.4. The van der Waals surface area contributed by atoms with E-state index >= 15 is 0 Å². The minimum Gasteiger partial charge on any atom is -0.478 e. The molecule has 0 aromatic rings. The summed E-state index contributed by atoms with van der Waals surface area (Å²) in [7, 11) is 0. The molecule has 2 saturated heterocycles. The standard InChI is InChI=1S/2C6H13NO.C4H4O4/c2*1-5(7)6-3-2-4-8-6;5-3(6)1-2-4(7)8/h2*5-6H,2-4,7H2,1H3;1-2H,(H,5,6)(H,7,8)/b;;2-1+. The lowest BCUT2D eigenvalue weighted by molar-refractivity contribution is -0.134. The van der Waals surface area contributed by atoms with E-state index in [0.29, 0.717) is 24.4 Å². The minimum absolute atomic E-state index is 0.220. The monoisotopic (exact) mass is 346 g/mol. The van der Waals surface area contributed by atoms with E-state index in [1.165, 1.54) is 12.8 Å². The van der Waals surface area contributed by atoms with Crippen molar-refractivity contribution in [1.29, 1.82) is 0 Å². The SMILES string of the molecule is CC(N)C1CCCO1.CC(N)C1CCCO1.O=C(O)/C=C/C(=O)O. The maximum Gasteiger partial charge on any atom is 0.328 e. The molecule has 8 nitrogen and oxygen atoms in total. The molecule has 0 radical (unpaired) electrons. The minimum atomic E-state index is -1.26. The number of carbonyl (C=O) groups is 2. The molecule has 0 aromatic heterocycles. The highest BCUT2D eigenvalue weighted by molar-refractivity contribution is 5.89. The molecule has 0 aromatic carbocycles. The van der Waals surface area contributed by atoms with Crippen LogP contribution in [0.5, 0.6) is 0 Å². The molecule has 0 bridgehead atoms. The van der Waals surface area contributed by atoms with Gasteiger partial charge in [-0.3, -0.25) is 0 Å². The summed E-state index contributed by atoms with van der Waals surface area (Å²) in [6, 6.07) is 0.440. The van der Waals surface area contributed by atoms with Gasteiger partial charge in [0.2, 0.25) is 0 Å². The second-order valence-corrected chi connectivity index (χ2v) is 5.83. The first kappa shape index (κ1) is 22.5. The zero-order chi connectivity index (χ0) is 18.5. The Morgan fingerprint density at radius 2 is 1.25 bits per heavy atom. The maximum atomic E-state index is 9.55. The largest absolute Gasteiger partial charge is 0.478 e. The highest BCUT2D eigenvalue weighted by Crippen LogP contribution is 2.14. The molecule has 2 aliphatic rings. The summed E-state index contributed by atoms with van der Waals surface area (Å²) < 4.78 is 10.6. The summed E-state index contributed by atoms with van der Waals surface area (Å²) in [5.41, 5.74) is 11.1. The molecule has 2 heterocycles. The lowest BCUT2D eigenvalue weighted by atomic mass is 10.1. The van der Waals surface area contributed by atoms with Crippen LogP contribution in [-0.4, -0.2) is 59.7 Å². The van der Waals surface area contributed by atoms with Gasteiger partial charge >= 0.3 is 11.9 Å². The van der Waals surface area contributed by atoms with Gasteiger partial charge in [0.05, 0.1) is 12.2 Å². The Morgan fingerprint density at radius 1 is 0.917 bits per heavy atom. The fourth-order valence-corrected chi connectivity index (χ4v) is 2.18. The van der Waals surface area contributed by atoms with Crippen molar-refractivity contribution in [2.45, 2.75) is 63.8 Å². The van der Waals surface area contributed by atoms with Crippen LogP contribution in [0.2, 0.25) is 0 Å². The third kappa shape index (κ3) is 12.0. The van der Waals surface area contributed by atoms with Crippen LogP contribution in [0.15, 0.2) is 12.2 Å². The van der Waals surface area contributed by atoms with E-state index in [4.69, 9.17) is 31.2 Å². The fourth-order valence-electron chi connectivity index (χ4n) is 2.18. The normalized spacial score (nSPS) is 25.2. The van der Waals surface area contributed by atoms with Gasteiger partial charge in [-0.15, -0.1) is 0 Å². The van der Waals surface area contributed by atoms with Crippen LogP contribution in [0.1, 0.15) is 39.5 Å². The average molecular weight is 346 g/mol. The van der Waals surface area contributed by atoms with E-state index in [1.807, 2.05) is 13.8 Å². The van der Waals surface area contributed by atoms with Crippen LogP contribution in [0, 0.1) is 0 Å². The number of rotatable bonds is 4. The van der Waals surface area contributed by atoms with E-state index in [2.05, 4.69) is 0 Å². The van der Waals surface area contributed by atoms with Crippen molar-refractivity contribution in [2.75, 3.05) is 13.2 Å². The van der Waals surface area contributed by atoms with Crippen LogP contribution >= 0.6 is 0 Å². The van der Waals surface area contributed by atoms with E-state index in [-0.39, 0.29) is 12.1 Å². The Balaban J connectivity index is 0.000000331. The number of carboxylic acids is 2. The van der Waals surface area contributed by atoms with Crippen molar-refractivity contribution in [2.24, 2.45) is 11.5 Å². The first-order chi connectivity index (χ1) is 11.2. The molecule has 0 spiro atoms. The fraction of sp³-hybridized carbons (Fsp3) is 0.750. The number of hydrogen-bond donors (Lipinski definition) is 4. The summed E-state index contributed by atoms with van der Waals surface area (Å²) in [6.45, 7) is 5.81. The Bertz CT molecular complexity index is 350. The van der Waals surface area contributed by atoms with Gasteiger partial charge in [0.25, 0.3) is 0 Å². The summed E-state index contributed by atoms with van der Waals surface area (Å²) in [5.74, 6) is -2.51. The van der Waals surface area contributed by atoms with Gasteiger partial charge in [0.1, 0.15) is 0 Å². The van der Waals surface area contributed by atoms with Crippen LogP contribution in [0.25, 0.3) is 0 Å². The Morgan fingerprint density at radius 3 is 1.38 bits per heavy atom. The number of aliphatic carboxylic acids is 2. The van der Waals surface area contributed by atoms with Crippen molar-refractivity contribution in [3.8, 4) is 0 Å². The van der Waals surface area contributed by atoms with Crippen LogP contribution in [0.4, 0.5) is 0 Å². The van der Waals surface area contributed by atoms with Gasteiger partial charge in [0.15, 0.2) is 0 Å². The topological polar surface area (TPSA) is 145 Å². The van der Waals surface area contributed by atoms with Crippen molar-refractivity contribution in [1.82, 2.24) is 0 Å². The number of hydrogen-bond acceptors (Lipinski definition) is 6. The van der Waals surface area contributed by atoms with E-state index < -0.39 is 11.9 Å². The predicted molar refractivity (Wildman–Crippen MR) is 89.7 cm³/mol. The van der Waals surface area contributed by atoms with Gasteiger partial charge in [-0.2, -0.15) is 0 Å². The first-order valence-electron chi connectivity index (χ1n) is 8.12. The van der Waals surface area contributed by atoms with E-state index in [0.717, 1.165) is 26.1 Å². The molecule has 0 saturated carbocycles. The maximum absolute atomic E-state index is 9.55.